The van der Waals surface area contributed by atoms with Gasteiger partial charge in [0.15, 0.2) is 5.16 Å². The van der Waals surface area contributed by atoms with Crippen LogP contribution in [0.15, 0.2) is 38.7 Å². The van der Waals surface area contributed by atoms with Crippen LogP contribution in [0.4, 0.5) is 0 Å². The SMILES string of the molecule is COCCCn1c(SCc2nc(-c3cccc(Cl)c3)no2)nc2sc3c(c2c1=O)CCC3. The van der Waals surface area contributed by atoms with Crippen LogP contribution in [0.25, 0.3) is 21.6 Å². The minimum Gasteiger partial charge on any atom is -0.385 e. The lowest BCUT2D eigenvalue weighted by molar-refractivity contribution is 0.189. The molecule has 1 aliphatic rings. The van der Waals surface area contributed by atoms with Crippen molar-refractivity contribution in [1.82, 2.24) is 19.7 Å². The number of ether oxygens (including phenoxy) is 1. The number of aryl methyl sites for hydroxylation is 2. The van der Waals surface area contributed by atoms with Crippen molar-refractivity contribution < 1.29 is 9.26 Å². The molecule has 5 rings (SSSR count). The lowest BCUT2D eigenvalue weighted by Gasteiger charge is -2.11. The number of halogens is 1. The monoisotopic (exact) mass is 488 g/mol. The molecule has 0 N–H and O–H groups in total. The highest BCUT2D eigenvalue weighted by Crippen LogP contribution is 2.36. The Bertz CT molecular complexity index is 1330. The Morgan fingerprint density at radius 3 is 3.06 bits per heavy atom. The first kappa shape index (κ1) is 21.6. The third kappa shape index (κ3) is 4.22. The molecular formula is C22H21ClN4O3S2. The van der Waals surface area contributed by atoms with Crippen LogP contribution in [-0.2, 0) is 29.9 Å². The highest BCUT2D eigenvalue weighted by atomic mass is 35.5. The van der Waals surface area contributed by atoms with Crippen molar-refractivity contribution in [2.24, 2.45) is 0 Å². The number of thioether (sulfide) groups is 1. The Morgan fingerprint density at radius 1 is 1.31 bits per heavy atom. The molecule has 0 amide bonds. The summed E-state index contributed by atoms with van der Waals surface area (Å²) in [5, 5.41) is 6.14. The summed E-state index contributed by atoms with van der Waals surface area (Å²) in [7, 11) is 1.67. The average Bonchev–Trinajstić information content (AvgIpc) is 3.50. The van der Waals surface area contributed by atoms with Crippen molar-refractivity contribution >= 4 is 44.9 Å². The topological polar surface area (TPSA) is 83.0 Å². The van der Waals surface area contributed by atoms with Gasteiger partial charge in [-0.15, -0.1) is 11.3 Å². The lowest BCUT2D eigenvalue weighted by atomic mass is 10.2. The molecular weight excluding hydrogens is 468 g/mol. The second kappa shape index (κ2) is 9.35. The van der Waals surface area contributed by atoms with E-state index in [0.29, 0.717) is 40.8 Å². The number of rotatable bonds is 8. The maximum atomic E-state index is 13.4. The zero-order chi connectivity index (χ0) is 22.1. The standard InChI is InChI=1S/C22H21ClN4O3S2/c1-29-10-4-9-27-21(28)18-15-7-3-8-16(15)32-20(18)25-22(27)31-12-17-24-19(26-30-17)13-5-2-6-14(23)11-13/h2,5-6,11H,3-4,7-10,12H2,1H3. The second-order valence-electron chi connectivity index (χ2n) is 7.55. The van der Waals surface area contributed by atoms with E-state index in [1.807, 2.05) is 12.1 Å². The fourth-order valence-electron chi connectivity index (χ4n) is 3.92. The van der Waals surface area contributed by atoms with Gasteiger partial charge in [0.1, 0.15) is 4.83 Å². The van der Waals surface area contributed by atoms with Gasteiger partial charge in [0.05, 0.1) is 11.1 Å². The van der Waals surface area contributed by atoms with Gasteiger partial charge < -0.3 is 9.26 Å². The van der Waals surface area contributed by atoms with Gasteiger partial charge in [0.2, 0.25) is 11.7 Å². The van der Waals surface area contributed by atoms with E-state index in [9.17, 15) is 4.79 Å². The highest BCUT2D eigenvalue weighted by Gasteiger charge is 2.23. The number of hydrogen-bond acceptors (Lipinski definition) is 8. The molecule has 166 valence electrons. The smallest absolute Gasteiger partial charge is 0.263 e. The summed E-state index contributed by atoms with van der Waals surface area (Å²) < 4.78 is 12.4. The van der Waals surface area contributed by atoms with E-state index in [2.05, 4.69) is 10.1 Å². The number of hydrogen-bond donors (Lipinski definition) is 0. The van der Waals surface area contributed by atoms with Gasteiger partial charge in [-0.25, -0.2) is 4.98 Å². The molecule has 32 heavy (non-hydrogen) atoms. The van der Waals surface area contributed by atoms with Crippen molar-refractivity contribution in [1.29, 1.82) is 0 Å². The molecule has 3 heterocycles. The number of aromatic nitrogens is 4. The van der Waals surface area contributed by atoms with Gasteiger partial charge in [-0.05, 0) is 43.4 Å². The molecule has 0 atom stereocenters. The van der Waals surface area contributed by atoms with E-state index in [1.165, 1.54) is 22.2 Å². The van der Waals surface area contributed by atoms with E-state index in [1.54, 1.807) is 35.1 Å². The Kier molecular flexibility index (Phi) is 6.32. The number of fused-ring (bicyclic) bond motifs is 3. The number of methoxy groups -OCH3 is 1. The second-order valence-corrected chi connectivity index (χ2v) is 10.0. The third-order valence-corrected chi connectivity index (χ3v) is 7.78. The van der Waals surface area contributed by atoms with E-state index in [0.717, 1.165) is 41.5 Å². The first-order valence-electron chi connectivity index (χ1n) is 10.4. The molecule has 0 bridgehead atoms. The molecule has 7 nitrogen and oxygen atoms in total. The summed E-state index contributed by atoms with van der Waals surface area (Å²) in [5.74, 6) is 1.37. The Morgan fingerprint density at radius 2 is 2.22 bits per heavy atom. The van der Waals surface area contributed by atoms with Gasteiger partial charge in [-0.2, -0.15) is 4.98 Å². The molecule has 0 radical (unpaired) electrons. The van der Waals surface area contributed by atoms with Gasteiger partial charge in [0.25, 0.3) is 5.56 Å². The van der Waals surface area contributed by atoms with Crippen LogP contribution in [0.5, 0.6) is 0 Å². The molecule has 0 saturated heterocycles. The summed E-state index contributed by atoms with van der Waals surface area (Å²) >= 11 is 9.15. The number of thiophene rings is 1. The van der Waals surface area contributed by atoms with Gasteiger partial charge in [-0.1, -0.05) is 40.7 Å². The highest BCUT2D eigenvalue weighted by molar-refractivity contribution is 7.98. The van der Waals surface area contributed by atoms with Crippen LogP contribution in [0.3, 0.4) is 0 Å². The number of benzene rings is 1. The zero-order valence-corrected chi connectivity index (χ0v) is 19.9. The molecule has 0 fully saturated rings. The predicted octanol–water partition coefficient (Wildman–Crippen LogP) is 4.98. The maximum absolute atomic E-state index is 13.4. The Balaban J connectivity index is 1.43. The molecule has 0 spiro atoms. The summed E-state index contributed by atoms with van der Waals surface area (Å²) in [5.41, 5.74) is 2.03. The van der Waals surface area contributed by atoms with E-state index in [-0.39, 0.29) is 5.56 Å². The van der Waals surface area contributed by atoms with Gasteiger partial charge in [-0.3, -0.25) is 9.36 Å². The fourth-order valence-corrected chi connectivity index (χ4v) is 6.27. The molecule has 1 aromatic carbocycles. The molecule has 0 aliphatic heterocycles. The summed E-state index contributed by atoms with van der Waals surface area (Å²) in [6.07, 6.45) is 3.85. The largest absolute Gasteiger partial charge is 0.385 e. The minimum atomic E-state index is 0.0400. The maximum Gasteiger partial charge on any atom is 0.263 e. The van der Waals surface area contributed by atoms with Crippen LogP contribution in [0.1, 0.15) is 29.2 Å². The molecule has 3 aromatic heterocycles. The van der Waals surface area contributed by atoms with E-state index < -0.39 is 0 Å². The molecule has 4 aromatic rings. The van der Waals surface area contributed by atoms with Crippen LogP contribution in [0, 0.1) is 0 Å². The summed E-state index contributed by atoms with van der Waals surface area (Å²) in [6.45, 7) is 1.14. The van der Waals surface area contributed by atoms with Crippen molar-refractivity contribution in [3.05, 3.63) is 56.0 Å². The van der Waals surface area contributed by atoms with Crippen LogP contribution >= 0.6 is 34.7 Å². The third-order valence-electron chi connectivity index (χ3n) is 5.40. The molecule has 0 unspecified atom stereocenters. The zero-order valence-electron chi connectivity index (χ0n) is 17.5. The van der Waals surface area contributed by atoms with Crippen LogP contribution in [0.2, 0.25) is 5.02 Å². The van der Waals surface area contributed by atoms with Crippen molar-refractivity contribution in [2.45, 2.75) is 43.1 Å². The first-order chi connectivity index (χ1) is 15.6. The van der Waals surface area contributed by atoms with Crippen molar-refractivity contribution in [3.8, 4) is 11.4 Å². The molecule has 1 aliphatic carbocycles. The molecule has 0 saturated carbocycles. The van der Waals surface area contributed by atoms with E-state index in [4.69, 9.17) is 25.8 Å². The number of nitrogens with zero attached hydrogens (tertiary/aromatic N) is 4. The van der Waals surface area contributed by atoms with Crippen molar-refractivity contribution in [3.63, 3.8) is 0 Å². The molecule has 10 heteroatoms. The van der Waals surface area contributed by atoms with E-state index >= 15 is 0 Å². The summed E-state index contributed by atoms with van der Waals surface area (Å²) in [4.78, 5) is 24.9. The lowest BCUT2D eigenvalue weighted by Crippen LogP contribution is -2.24. The summed E-state index contributed by atoms with van der Waals surface area (Å²) in [6, 6.07) is 7.32. The normalized spacial score (nSPS) is 13.2. The minimum absolute atomic E-state index is 0.0400. The van der Waals surface area contributed by atoms with Gasteiger partial charge >= 0.3 is 0 Å². The Hall–Kier alpha value is -2.20. The quantitative estimate of drug-likeness (QED) is 0.196. The van der Waals surface area contributed by atoms with Crippen molar-refractivity contribution in [2.75, 3.05) is 13.7 Å². The predicted molar refractivity (Wildman–Crippen MR) is 127 cm³/mol. The van der Waals surface area contributed by atoms with Crippen LogP contribution < -0.4 is 5.56 Å². The van der Waals surface area contributed by atoms with Gasteiger partial charge in [0, 0.05) is 35.7 Å². The first-order valence-corrected chi connectivity index (χ1v) is 12.6. The average molecular weight is 489 g/mol. The fraction of sp³-hybridized carbons (Fsp3) is 0.364. The van der Waals surface area contributed by atoms with Crippen LogP contribution in [-0.4, -0.2) is 33.4 Å². The Labute approximate surface area is 197 Å².